The summed E-state index contributed by atoms with van der Waals surface area (Å²) >= 11 is 1.86. The standard InChI is InChI=1S/C42H28N2OS2/c45-47(28-17-5-2-6-18-28)36-26-14-11-23-33(36)40(39(43-47)27-15-3-1-4-16-27)44-34-24-12-9-21-31(34)37-29-19-7-8-20-30(29)38-32-22-10-13-25-35(32)46-42(38)41(37)44/h1-26,47H,(H,43,45). The van der Waals surface area contributed by atoms with E-state index in [1.807, 2.05) is 59.9 Å². The van der Waals surface area contributed by atoms with Gasteiger partial charge >= 0.3 is 0 Å². The normalized spacial score (nSPS) is 15.0. The second kappa shape index (κ2) is 10.0. The molecular formula is C42H28N2OS2. The number of aromatic nitrogens is 1. The van der Waals surface area contributed by atoms with Crippen molar-refractivity contribution in [2.75, 3.05) is 0 Å². The van der Waals surface area contributed by atoms with E-state index in [0.717, 1.165) is 37.8 Å². The van der Waals surface area contributed by atoms with Crippen molar-refractivity contribution in [3.05, 3.63) is 169 Å². The summed E-state index contributed by atoms with van der Waals surface area (Å²) in [6.45, 7) is 0. The molecule has 0 saturated carbocycles. The molecule has 3 heterocycles. The van der Waals surface area contributed by atoms with E-state index < -0.39 is 10.1 Å². The molecule has 0 amide bonds. The molecule has 0 saturated heterocycles. The van der Waals surface area contributed by atoms with E-state index in [1.165, 1.54) is 47.2 Å². The van der Waals surface area contributed by atoms with Gasteiger partial charge in [-0.25, -0.2) is 0 Å². The van der Waals surface area contributed by atoms with Gasteiger partial charge in [0.2, 0.25) is 0 Å². The number of nitrogens with one attached hydrogen (secondary N) is 1. The van der Waals surface area contributed by atoms with Crippen molar-refractivity contribution in [2.45, 2.75) is 9.79 Å². The third kappa shape index (κ3) is 3.70. The van der Waals surface area contributed by atoms with E-state index in [1.54, 1.807) is 0 Å². The Morgan fingerprint density at radius 2 is 1.15 bits per heavy atom. The first-order valence-electron chi connectivity index (χ1n) is 15.8. The van der Waals surface area contributed by atoms with Gasteiger partial charge in [0.25, 0.3) is 0 Å². The number of thiol groups is 1. The maximum absolute atomic E-state index is 15.4. The monoisotopic (exact) mass is 640 g/mol. The van der Waals surface area contributed by atoms with Crippen LogP contribution in [0.3, 0.4) is 0 Å². The molecule has 0 bridgehead atoms. The lowest BCUT2D eigenvalue weighted by molar-refractivity contribution is 0.665. The second-order valence-corrected chi connectivity index (χ2v) is 15.6. The zero-order valence-corrected chi connectivity index (χ0v) is 26.9. The van der Waals surface area contributed by atoms with Gasteiger partial charge in [-0.15, -0.1) is 11.3 Å². The van der Waals surface area contributed by atoms with Crippen LogP contribution < -0.4 is 4.72 Å². The Balaban J connectivity index is 1.46. The van der Waals surface area contributed by atoms with Gasteiger partial charge in [-0.05, 0) is 41.1 Å². The number of rotatable bonds is 3. The number of benzene rings is 7. The van der Waals surface area contributed by atoms with Crippen LogP contribution in [0.4, 0.5) is 0 Å². The molecule has 0 radical (unpaired) electrons. The Kier molecular flexibility index (Phi) is 5.68. The molecule has 0 unspecified atom stereocenters. The van der Waals surface area contributed by atoms with Gasteiger partial charge < -0.3 is 9.29 Å². The highest BCUT2D eigenvalue weighted by molar-refractivity contribution is 8.01. The molecule has 5 heteroatoms. The predicted molar refractivity (Wildman–Crippen MR) is 201 cm³/mol. The van der Waals surface area contributed by atoms with Crippen LogP contribution in [0.1, 0.15) is 11.1 Å². The van der Waals surface area contributed by atoms with E-state index in [9.17, 15) is 0 Å². The summed E-state index contributed by atoms with van der Waals surface area (Å²) in [6, 6.07) is 54.8. The number of nitrogens with zero attached hydrogens (tertiary/aromatic N) is 1. The lowest BCUT2D eigenvalue weighted by Crippen LogP contribution is -2.36. The van der Waals surface area contributed by atoms with Gasteiger partial charge in [-0.1, -0.05) is 127 Å². The molecule has 1 aliphatic heterocycles. The molecule has 7 aromatic carbocycles. The summed E-state index contributed by atoms with van der Waals surface area (Å²) in [5, 5.41) is 7.50. The minimum absolute atomic E-state index is 0.792. The first kappa shape index (κ1) is 26.7. The molecule has 1 aliphatic rings. The minimum Gasteiger partial charge on any atom is -0.317 e. The van der Waals surface area contributed by atoms with Crippen molar-refractivity contribution in [3.63, 3.8) is 0 Å². The molecule has 224 valence electrons. The van der Waals surface area contributed by atoms with Gasteiger partial charge in [-0.3, -0.25) is 4.21 Å². The quantitative estimate of drug-likeness (QED) is 0.185. The summed E-state index contributed by atoms with van der Waals surface area (Å²) < 4.78 is 24.1. The highest BCUT2D eigenvalue weighted by atomic mass is 32.3. The number of para-hydroxylation sites is 1. The molecule has 9 aromatic rings. The van der Waals surface area contributed by atoms with Crippen LogP contribution in [0, 0.1) is 0 Å². The Morgan fingerprint density at radius 3 is 1.94 bits per heavy atom. The van der Waals surface area contributed by atoms with Crippen LogP contribution in [0.25, 0.3) is 64.1 Å². The summed E-state index contributed by atoms with van der Waals surface area (Å²) in [5.74, 6) is 0. The van der Waals surface area contributed by atoms with E-state index in [-0.39, 0.29) is 0 Å². The van der Waals surface area contributed by atoms with Crippen LogP contribution in [-0.2, 0) is 10.1 Å². The first-order chi connectivity index (χ1) is 23.2. The lowest BCUT2D eigenvalue weighted by atomic mass is 9.99. The van der Waals surface area contributed by atoms with Crippen molar-refractivity contribution < 1.29 is 4.21 Å². The van der Waals surface area contributed by atoms with E-state index in [2.05, 4.69) is 118 Å². The summed E-state index contributed by atoms with van der Waals surface area (Å²) in [4.78, 5) is 1.61. The molecule has 0 fully saturated rings. The first-order valence-corrected chi connectivity index (χ1v) is 18.3. The van der Waals surface area contributed by atoms with Crippen molar-refractivity contribution in [3.8, 4) is 0 Å². The van der Waals surface area contributed by atoms with Crippen LogP contribution in [-0.4, -0.2) is 8.78 Å². The number of fused-ring (bicyclic) bond motifs is 11. The second-order valence-electron chi connectivity index (χ2n) is 12.1. The van der Waals surface area contributed by atoms with Crippen molar-refractivity contribution >= 4 is 85.6 Å². The number of hydrogen-bond donors (Lipinski definition) is 2. The summed E-state index contributed by atoms with van der Waals surface area (Å²) in [5.41, 5.74) is 6.14. The van der Waals surface area contributed by atoms with Crippen molar-refractivity contribution in [1.82, 2.24) is 9.29 Å². The topological polar surface area (TPSA) is 34.0 Å². The molecule has 0 aliphatic carbocycles. The van der Waals surface area contributed by atoms with Crippen LogP contribution in [0.5, 0.6) is 0 Å². The molecule has 3 nitrogen and oxygen atoms in total. The Hall–Kier alpha value is -5.49. The summed E-state index contributed by atoms with van der Waals surface area (Å²) in [6.07, 6.45) is 0. The fourth-order valence-corrected chi connectivity index (χ4v) is 11.3. The predicted octanol–water partition coefficient (Wildman–Crippen LogP) is 10.6. The summed E-state index contributed by atoms with van der Waals surface area (Å²) in [7, 11) is -3.27. The number of thiophene rings is 1. The van der Waals surface area contributed by atoms with E-state index >= 15 is 4.21 Å². The Labute approximate surface area is 276 Å². The third-order valence-corrected chi connectivity index (χ3v) is 13.4. The highest BCUT2D eigenvalue weighted by Crippen LogP contribution is 2.50. The number of hydrogen-bond acceptors (Lipinski definition) is 2. The Morgan fingerprint density at radius 1 is 0.553 bits per heavy atom. The molecule has 2 aromatic heterocycles. The van der Waals surface area contributed by atoms with Crippen LogP contribution in [0.2, 0.25) is 0 Å². The average molecular weight is 641 g/mol. The molecule has 0 atom stereocenters. The van der Waals surface area contributed by atoms with E-state index in [0.29, 0.717) is 0 Å². The SMILES string of the molecule is O=[SH]1(c2ccccc2)NC(c2ccccc2)=C(n2c3ccccc3c3c4ccccc4c4c5ccccc5sc4c32)c2ccccc21. The van der Waals surface area contributed by atoms with Crippen molar-refractivity contribution in [2.24, 2.45) is 0 Å². The fourth-order valence-electron chi connectivity index (χ4n) is 7.59. The highest BCUT2D eigenvalue weighted by Gasteiger charge is 2.35. The van der Waals surface area contributed by atoms with E-state index in [4.69, 9.17) is 0 Å². The molecule has 10 rings (SSSR count). The zero-order chi connectivity index (χ0) is 31.1. The van der Waals surface area contributed by atoms with Gasteiger partial charge in [0.1, 0.15) is 0 Å². The molecule has 0 spiro atoms. The van der Waals surface area contributed by atoms with Gasteiger partial charge in [0.15, 0.2) is 0 Å². The molecular weight excluding hydrogens is 613 g/mol. The minimum atomic E-state index is -3.27. The van der Waals surface area contributed by atoms with Crippen LogP contribution in [0.15, 0.2) is 168 Å². The fraction of sp³-hybridized carbons (Fsp3) is 0. The molecule has 1 N–H and O–H groups in total. The maximum Gasteiger partial charge on any atom is 0.0794 e. The zero-order valence-electron chi connectivity index (χ0n) is 25.2. The van der Waals surface area contributed by atoms with Gasteiger partial charge in [0, 0.05) is 57.3 Å². The largest absolute Gasteiger partial charge is 0.317 e. The van der Waals surface area contributed by atoms with Gasteiger partial charge in [-0.2, -0.15) is 0 Å². The average Bonchev–Trinajstić information content (AvgIpc) is 3.69. The molecule has 47 heavy (non-hydrogen) atoms. The maximum atomic E-state index is 15.4. The van der Waals surface area contributed by atoms with Gasteiger partial charge in [0.05, 0.1) is 27.1 Å². The van der Waals surface area contributed by atoms with Crippen LogP contribution >= 0.6 is 11.3 Å². The Bertz CT molecular complexity index is 2790. The smallest absolute Gasteiger partial charge is 0.0794 e. The van der Waals surface area contributed by atoms with Crippen molar-refractivity contribution in [1.29, 1.82) is 0 Å². The lowest BCUT2D eigenvalue weighted by Gasteiger charge is -2.37. The third-order valence-electron chi connectivity index (χ3n) is 9.56.